The third-order valence-electron chi connectivity index (χ3n) is 1.79. The fraction of sp³-hybridized carbons (Fsp3) is 0.857. The van der Waals surface area contributed by atoms with Crippen LogP contribution in [-0.4, -0.2) is 18.6 Å². The quantitative estimate of drug-likeness (QED) is 0.565. The number of esters is 1. The first-order valence-corrected chi connectivity index (χ1v) is 3.66. The normalized spacial score (nSPS) is 31.0. The second-order valence-corrected chi connectivity index (χ2v) is 2.68. The van der Waals surface area contributed by atoms with Gasteiger partial charge in [0.05, 0.1) is 12.5 Å². The van der Waals surface area contributed by atoms with Gasteiger partial charge in [0, 0.05) is 6.04 Å². The summed E-state index contributed by atoms with van der Waals surface area (Å²) in [6, 6.07) is 0.231. The highest BCUT2D eigenvalue weighted by atomic mass is 16.5. The van der Waals surface area contributed by atoms with Crippen molar-refractivity contribution in [2.75, 3.05) is 6.61 Å². The SMILES string of the molecule is CCOC(=O)C1CC(N)C1. The van der Waals surface area contributed by atoms with Crippen LogP contribution >= 0.6 is 0 Å². The fourth-order valence-electron chi connectivity index (χ4n) is 1.11. The molecule has 1 saturated carbocycles. The van der Waals surface area contributed by atoms with Gasteiger partial charge in [-0.05, 0) is 19.8 Å². The Hall–Kier alpha value is -0.570. The van der Waals surface area contributed by atoms with Crippen molar-refractivity contribution in [2.45, 2.75) is 25.8 Å². The Morgan fingerprint density at radius 1 is 1.70 bits per heavy atom. The highest BCUT2D eigenvalue weighted by Crippen LogP contribution is 2.26. The molecule has 3 nitrogen and oxygen atoms in total. The summed E-state index contributed by atoms with van der Waals surface area (Å²) in [6.45, 7) is 2.29. The number of ether oxygens (including phenoxy) is 1. The van der Waals surface area contributed by atoms with Gasteiger partial charge in [0.2, 0.25) is 0 Å². The van der Waals surface area contributed by atoms with Crippen molar-refractivity contribution >= 4 is 5.97 Å². The maximum Gasteiger partial charge on any atom is 0.309 e. The fourth-order valence-corrected chi connectivity index (χ4v) is 1.11. The van der Waals surface area contributed by atoms with Gasteiger partial charge in [0.1, 0.15) is 0 Å². The van der Waals surface area contributed by atoms with E-state index >= 15 is 0 Å². The van der Waals surface area contributed by atoms with Gasteiger partial charge in [-0.2, -0.15) is 0 Å². The van der Waals surface area contributed by atoms with E-state index in [2.05, 4.69) is 0 Å². The third-order valence-corrected chi connectivity index (χ3v) is 1.79. The average molecular weight is 143 g/mol. The summed E-state index contributed by atoms with van der Waals surface area (Å²) in [4.78, 5) is 10.9. The van der Waals surface area contributed by atoms with Crippen molar-refractivity contribution in [3.05, 3.63) is 0 Å². The molecule has 1 rings (SSSR count). The predicted octanol–water partition coefficient (Wildman–Crippen LogP) is 0.287. The molecular weight excluding hydrogens is 130 g/mol. The van der Waals surface area contributed by atoms with Gasteiger partial charge >= 0.3 is 5.97 Å². The largest absolute Gasteiger partial charge is 0.466 e. The van der Waals surface area contributed by atoms with E-state index in [1.807, 2.05) is 6.92 Å². The Morgan fingerprint density at radius 2 is 2.30 bits per heavy atom. The van der Waals surface area contributed by atoms with Gasteiger partial charge in [0.25, 0.3) is 0 Å². The molecule has 2 N–H and O–H groups in total. The summed E-state index contributed by atoms with van der Waals surface area (Å²) in [5, 5.41) is 0. The minimum absolute atomic E-state index is 0.0794. The van der Waals surface area contributed by atoms with Crippen molar-refractivity contribution in [1.29, 1.82) is 0 Å². The molecule has 58 valence electrons. The van der Waals surface area contributed by atoms with Gasteiger partial charge in [-0.25, -0.2) is 0 Å². The number of nitrogens with two attached hydrogens (primary N) is 1. The molecule has 10 heavy (non-hydrogen) atoms. The smallest absolute Gasteiger partial charge is 0.309 e. The van der Waals surface area contributed by atoms with Crippen LogP contribution in [0.5, 0.6) is 0 Å². The van der Waals surface area contributed by atoms with E-state index in [0.29, 0.717) is 6.61 Å². The zero-order valence-electron chi connectivity index (χ0n) is 6.17. The van der Waals surface area contributed by atoms with Gasteiger partial charge in [-0.3, -0.25) is 4.79 Å². The molecule has 0 aromatic carbocycles. The van der Waals surface area contributed by atoms with Crippen LogP contribution in [0.4, 0.5) is 0 Å². The Kier molecular flexibility index (Phi) is 2.27. The summed E-state index contributed by atoms with van der Waals surface area (Å²) >= 11 is 0. The second kappa shape index (κ2) is 3.01. The predicted molar refractivity (Wildman–Crippen MR) is 37.3 cm³/mol. The topological polar surface area (TPSA) is 52.3 Å². The lowest BCUT2D eigenvalue weighted by Crippen LogP contribution is -2.41. The lowest BCUT2D eigenvalue weighted by atomic mass is 9.81. The zero-order valence-corrected chi connectivity index (χ0v) is 6.17. The molecule has 0 amide bonds. The van der Waals surface area contributed by atoms with Crippen LogP contribution in [0.25, 0.3) is 0 Å². The summed E-state index contributed by atoms with van der Waals surface area (Å²) in [5.74, 6) is 0.0131. The number of carbonyl (C=O) groups is 1. The summed E-state index contributed by atoms with van der Waals surface area (Å²) in [7, 11) is 0. The summed E-state index contributed by atoms with van der Waals surface area (Å²) in [6.07, 6.45) is 1.61. The van der Waals surface area contributed by atoms with Gasteiger partial charge < -0.3 is 10.5 Å². The molecule has 0 saturated heterocycles. The number of rotatable bonds is 2. The minimum Gasteiger partial charge on any atom is -0.466 e. The molecule has 0 spiro atoms. The molecule has 0 aliphatic heterocycles. The van der Waals surface area contributed by atoms with E-state index in [9.17, 15) is 4.79 Å². The molecular formula is C7H13NO2. The lowest BCUT2D eigenvalue weighted by Gasteiger charge is -2.29. The van der Waals surface area contributed by atoms with Crippen LogP contribution in [-0.2, 0) is 9.53 Å². The molecule has 0 heterocycles. The number of hydrogen-bond donors (Lipinski definition) is 1. The third kappa shape index (κ3) is 1.48. The maximum atomic E-state index is 10.9. The van der Waals surface area contributed by atoms with E-state index < -0.39 is 0 Å². The Labute approximate surface area is 60.5 Å². The zero-order chi connectivity index (χ0) is 7.56. The first-order valence-electron chi connectivity index (χ1n) is 3.66. The van der Waals surface area contributed by atoms with Crippen molar-refractivity contribution in [2.24, 2.45) is 11.7 Å². The van der Waals surface area contributed by atoms with Crippen LogP contribution in [0, 0.1) is 5.92 Å². The van der Waals surface area contributed by atoms with Crippen molar-refractivity contribution in [1.82, 2.24) is 0 Å². The van der Waals surface area contributed by atoms with E-state index in [1.165, 1.54) is 0 Å². The number of hydrogen-bond acceptors (Lipinski definition) is 3. The Bertz CT molecular complexity index is 130. The first kappa shape index (κ1) is 7.54. The lowest BCUT2D eigenvalue weighted by molar-refractivity contribution is -0.151. The summed E-state index contributed by atoms with van der Waals surface area (Å²) < 4.78 is 4.80. The molecule has 0 aromatic heterocycles. The standard InChI is InChI=1S/C7H13NO2/c1-2-10-7(9)5-3-6(8)4-5/h5-6H,2-4,8H2,1H3. The highest BCUT2D eigenvalue weighted by Gasteiger charge is 2.32. The molecule has 1 aliphatic carbocycles. The number of carbonyl (C=O) groups excluding carboxylic acids is 1. The van der Waals surface area contributed by atoms with E-state index in [4.69, 9.17) is 10.5 Å². The van der Waals surface area contributed by atoms with E-state index in [-0.39, 0.29) is 17.9 Å². The summed E-state index contributed by atoms with van der Waals surface area (Å²) in [5.41, 5.74) is 5.50. The monoisotopic (exact) mass is 143 g/mol. The second-order valence-electron chi connectivity index (χ2n) is 2.68. The molecule has 1 aliphatic rings. The van der Waals surface area contributed by atoms with Crippen LogP contribution in [0.15, 0.2) is 0 Å². The Morgan fingerprint density at radius 3 is 2.70 bits per heavy atom. The van der Waals surface area contributed by atoms with Gasteiger partial charge in [0.15, 0.2) is 0 Å². The molecule has 3 heteroatoms. The van der Waals surface area contributed by atoms with Crippen molar-refractivity contribution in [3.8, 4) is 0 Å². The highest BCUT2D eigenvalue weighted by molar-refractivity contribution is 5.73. The molecule has 0 radical (unpaired) electrons. The van der Waals surface area contributed by atoms with Gasteiger partial charge in [-0.15, -0.1) is 0 Å². The van der Waals surface area contributed by atoms with Crippen LogP contribution in [0.3, 0.4) is 0 Å². The average Bonchev–Trinajstić information content (AvgIpc) is 1.82. The molecule has 1 fully saturated rings. The minimum atomic E-state index is -0.0794. The Balaban J connectivity index is 2.18. The maximum absolute atomic E-state index is 10.9. The molecule has 0 bridgehead atoms. The van der Waals surface area contributed by atoms with E-state index in [1.54, 1.807) is 0 Å². The van der Waals surface area contributed by atoms with Gasteiger partial charge in [-0.1, -0.05) is 0 Å². The molecule has 0 atom stereocenters. The van der Waals surface area contributed by atoms with Crippen molar-refractivity contribution in [3.63, 3.8) is 0 Å². The van der Waals surface area contributed by atoms with Crippen LogP contribution in [0.1, 0.15) is 19.8 Å². The van der Waals surface area contributed by atoms with Crippen molar-refractivity contribution < 1.29 is 9.53 Å². The van der Waals surface area contributed by atoms with Crippen LogP contribution < -0.4 is 5.73 Å². The molecule has 0 unspecified atom stereocenters. The van der Waals surface area contributed by atoms with Crippen LogP contribution in [0.2, 0.25) is 0 Å². The molecule has 0 aromatic rings. The van der Waals surface area contributed by atoms with E-state index in [0.717, 1.165) is 12.8 Å². The first-order chi connectivity index (χ1) is 4.74.